The van der Waals surface area contributed by atoms with Gasteiger partial charge in [0.2, 0.25) is 11.8 Å². The SMILES string of the molecule is COC(=O)[C@]1(Cc2ccc(O)cc2)N[C@H](c2ccc(C)o2)[C@@H]2C(=O)N(C)C(=O)[C@@H]21. The van der Waals surface area contributed by atoms with Gasteiger partial charge in [-0.05, 0) is 36.8 Å². The maximum Gasteiger partial charge on any atom is 0.327 e. The largest absolute Gasteiger partial charge is 0.508 e. The zero-order valence-electron chi connectivity index (χ0n) is 16.3. The number of ether oxygens (including phenoxy) is 1. The predicted octanol–water partition coefficient (Wildman–Crippen LogP) is 1.32. The average Bonchev–Trinajstić information content (AvgIpc) is 3.35. The van der Waals surface area contributed by atoms with Gasteiger partial charge < -0.3 is 14.3 Å². The molecule has 2 aliphatic heterocycles. The van der Waals surface area contributed by atoms with Crippen LogP contribution in [-0.2, 0) is 25.5 Å². The molecule has 4 atom stereocenters. The number of methoxy groups -OCH3 is 1. The lowest BCUT2D eigenvalue weighted by Gasteiger charge is -2.32. The number of hydrogen-bond acceptors (Lipinski definition) is 7. The van der Waals surface area contributed by atoms with E-state index in [1.807, 2.05) is 0 Å². The number of esters is 1. The van der Waals surface area contributed by atoms with Gasteiger partial charge in [0, 0.05) is 13.5 Å². The van der Waals surface area contributed by atoms with Gasteiger partial charge in [-0.15, -0.1) is 0 Å². The van der Waals surface area contributed by atoms with E-state index >= 15 is 0 Å². The number of carbonyl (C=O) groups is 3. The second-order valence-corrected chi connectivity index (χ2v) is 7.62. The van der Waals surface area contributed by atoms with Crippen molar-refractivity contribution in [3.63, 3.8) is 0 Å². The molecule has 2 N–H and O–H groups in total. The fraction of sp³-hybridized carbons (Fsp3) is 0.381. The van der Waals surface area contributed by atoms with Crippen LogP contribution in [0, 0.1) is 18.8 Å². The number of amides is 2. The van der Waals surface area contributed by atoms with Crippen LogP contribution in [0.3, 0.4) is 0 Å². The predicted molar refractivity (Wildman–Crippen MR) is 101 cm³/mol. The molecule has 0 unspecified atom stereocenters. The number of fused-ring (bicyclic) bond motifs is 1. The first-order valence-electron chi connectivity index (χ1n) is 9.30. The van der Waals surface area contributed by atoms with Crippen molar-refractivity contribution >= 4 is 17.8 Å². The second-order valence-electron chi connectivity index (χ2n) is 7.62. The van der Waals surface area contributed by atoms with Crippen LogP contribution in [0.2, 0.25) is 0 Å². The van der Waals surface area contributed by atoms with Gasteiger partial charge in [-0.25, -0.2) is 0 Å². The Bertz CT molecular complexity index is 981. The number of nitrogens with zero attached hydrogens (tertiary/aromatic N) is 1. The number of likely N-dealkylation sites (tertiary alicyclic amines) is 1. The summed E-state index contributed by atoms with van der Waals surface area (Å²) in [5, 5.41) is 12.8. The van der Waals surface area contributed by atoms with Gasteiger partial charge in [0.05, 0.1) is 25.0 Å². The molecule has 2 amide bonds. The standard InChI is InChI=1S/C21H22N2O6/c1-11-4-9-14(29-11)17-15-16(19(26)23(2)18(15)25)21(22-17,20(27)28-3)10-12-5-7-13(24)8-6-12/h4-9,15-17,22,24H,10H2,1-3H3/t15-,16-,17-,21-/m1/s1. The van der Waals surface area contributed by atoms with Gasteiger partial charge in [-0.2, -0.15) is 0 Å². The van der Waals surface area contributed by atoms with Gasteiger partial charge in [-0.1, -0.05) is 12.1 Å². The van der Waals surface area contributed by atoms with Gasteiger partial charge in [0.15, 0.2) is 0 Å². The third-order valence-corrected chi connectivity index (χ3v) is 5.91. The van der Waals surface area contributed by atoms with Crippen molar-refractivity contribution in [2.45, 2.75) is 24.9 Å². The molecule has 152 valence electrons. The number of carbonyl (C=O) groups excluding carboxylic acids is 3. The van der Waals surface area contributed by atoms with E-state index in [4.69, 9.17) is 9.15 Å². The normalized spacial score (nSPS) is 28.7. The zero-order valence-corrected chi connectivity index (χ0v) is 16.3. The van der Waals surface area contributed by atoms with Crippen molar-refractivity contribution in [3.05, 3.63) is 53.5 Å². The van der Waals surface area contributed by atoms with Gasteiger partial charge >= 0.3 is 5.97 Å². The molecule has 0 radical (unpaired) electrons. The molecule has 29 heavy (non-hydrogen) atoms. The minimum atomic E-state index is -1.45. The Kier molecular flexibility index (Phi) is 4.46. The lowest BCUT2D eigenvalue weighted by atomic mass is 9.76. The lowest BCUT2D eigenvalue weighted by Crippen LogP contribution is -2.57. The van der Waals surface area contributed by atoms with Crippen molar-refractivity contribution in [2.75, 3.05) is 14.2 Å². The molecule has 0 saturated carbocycles. The van der Waals surface area contributed by atoms with Crippen molar-refractivity contribution in [3.8, 4) is 5.75 Å². The second kappa shape index (κ2) is 6.73. The summed E-state index contributed by atoms with van der Waals surface area (Å²) >= 11 is 0. The Morgan fingerprint density at radius 3 is 2.48 bits per heavy atom. The number of rotatable bonds is 4. The molecule has 2 aromatic rings. The molecule has 1 aromatic carbocycles. The maximum absolute atomic E-state index is 13.0. The van der Waals surface area contributed by atoms with Crippen LogP contribution in [0.4, 0.5) is 0 Å². The van der Waals surface area contributed by atoms with Gasteiger partial charge in [0.1, 0.15) is 22.8 Å². The van der Waals surface area contributed by atoms with Crippen molar-refractivity contribution < 1.29 is 28.6 Å². The smallest absolute Gasteiger partial charge is 0.327 e. The number of phenols is 1. The molecule has 4 rings (SSSR count). The molecule has 2 aliphatic rings. The fourth-order valence-electron chi connectivity index (χ4n) is 4.55. The summed E-state index contributed by atoms with van der Waals surface area (Å²) in [5.74, 6) is -1.88. The molecular weight excluding hydrogens is 376 g/mol. The van der Waals surface area contributed by atoms with E-state index in [0.29, 0.717) is 17.1 Å². The number of aromatic hydroxyl groups is 1. The fourth-order valence-corrected chi connectivity index (χ4v) is 4.55. The maximum atomic E-state index is 13.0. The molecule has 3 heterocycles. The molecule has 0 aliphatic carbocycles. The van der Waals surface area contributed by atoms with Gasteiger partial charge in [-0.3, -0.25) is 24.6 Å². The zero-order chi connectivity index (χ0) is 20.9. The highest BCUT2D eigenvalue weighted by Gasteiger charge is 2.68. The van der Waals surface area contributed by atoms with Crippen LogP contribution >= 0.6 is 0 Å². The lowest BCUT2D eigenvalue weighted by molar-refractivity contribution is -0.153. The van der Waals surface area contributed by atoms with E-state index in [1.165, 1.54) is 26.3 Å². The molecule has 8 nitrogen and oxygen atoms in total. The molecular formula is C21H22N2O6. The first-order valence-corrected chi connectivity index (χ1v) is 9.30. The van der Waals surface area contributed by atoms with Crippen LogP contribution in [0.25, 0.3) is 0 Å². The summed E-state index contributed by atoms with van der Waals surface area (Å²) in [6.45, 7) is 1.79. The van der Waals surface area contributed by atoms with Crippen LogP contribution in [-0.4, -0.2) is 47.5 Å². The van der Waals surface area contributed by atoms with Crippen LogP contribution in [0.5, 0.6) is 5.75 Å². The Balaban J connectivity index is 1.84. The van der Waals surface area contributed by atoms with E-state index in [-0.39, 0.29) is 18.1 Å². The van der Waals surface area contributed by atoms with E-state index in [9.17, 15) is 19.5 Å². The van der Waals surface area contributed by atoms with E-state index in [2.05, 4.69) is 5.32 Å². The first kappa shape index (κ1) is 19.2. The van der Waals surface area contributed by atoms with Crippen molar-refractivity contribution in [2.24, 2.45) is 11.8 Å². The topological polar surface area (TPSA) is 109 Å². The van der Waals surface area contributed by atoms with Crippen LogP contribution < -0.4 is 5.32 Å². The minimum Gasteiger partial charge on any atom is -0.508 e. The summed E-state index contributed by atoms with van der Waals surface area (Å²) in [7, 11) is 2.68. The number of benzene rings is 1. The molecule has 1 aromatic heterocycles. The number of nitrogens with one attached hydrogen (secondary N) is 1. The summed E-state index contributed by atoms with van der Waals surface area (Å²) in [6.07, 6.45) is 0.115. The highest BCUT2D eigenvalue weighted by molar-refractivity contribution is 6.09. The highest BCUT2D eigenvalue weighted by atomic mass is 16.5. The average molecular weight is 398 g/mol. The highest BCUT2D eigenvalue weighted by Crippen LogP contribution is 2.50. The van der Waals surface area contributed by atoms with Crippen LogP contribution in [0.1, 0.15) is 23.1 Å². The Hall–Kier alpha value is -3.13. The number of furan rings is 1. The minimum absolute atomic E-state index is 0.0916. The van der Waals surface area contributed by atoms with E-state index in [1.54, 1.807) is 31.2 Å². The molecule has 0 bridgehead atoms. The van der Waals surface area contributed by atoms with Crippen LogP contribution in [0.15, 0.2) is 40.8 Å². The van der Waals surface area contributed by atoms with E-state index in [0.717, 1.165) is 4.90 Å². The number of aryl methyl sites for hydroxylation is 1. The molecule has 2 fully saturated rings. The molecule has 8 heteroatoms. The van der Waals surface area contributed by atoms with Crippen molar-refractivity contribution in [1.29, 1.82) is 0 Å². The number of phenolic OH excluding ortho intramolecular Hbond substituents is 1. The quantitative estimate of drug-likeness (QED) is 0.591. The monoisotopic (exact) mass is 398 g/mol. The van der Waals surface area contributed by atoms with Crippen molar-refractivity contribution in [1.82, 2.24) is 10.2 Å². The first-order chi connectivity index (χ1) is 13.8. The van der Waals surface area contributed by atoms with Gasteiger partial charge in [0.25, 0.3) is 0 Å². The summed E-state index contributed by atoms with van der Waals surface area (Å²) < 4.78 is 10.8. The third kappa shape index (κ3) is 2.82. The molecule has 2 saturated heterocycles. The molecule has 0 spiro atoms. The summed E-state index contributed by atoms with van der Waals surface area (Å²) in [4.78, 5) is 40.1. The Morgan fingerprint density at radius 1 is 1.21 bits per heavy atom. The van der Waals surface area contributed by atoms with E-state index < -0.39 is 35.3 Å². The number of imide groups is 1. The number of hydrogen-bond donors (Lipinski definition) is 2. The Labute approximate surface area is 167 Å². The third-order valence-electron chi connectivity index (χ3n) is 5.91. The summed E-state index contributed by atoms with van der Waals surface area (Å²) in [5.41, 5.74) is -0.732. The Morgan fingerprint density at radius 2 is 1.90 bits per heavy atom. The summed E-state index contributed by atoms with van der Waals surface area (Å²) in [6, 6.07) is 9.23.